The molecule has 3 heterocycles. The number of aromatic nitrogens is 2. The highest BCUT2D eigenvalue weighted by atomic mass is 16.1. The van der Waals surface area contributed by atoms with Crippen molar-refractivity contribution in [3.05, 3.63) is 40.3 Å². The zero-order valence-electron chi connectivity index (χ0n) is 13.3. The van der Waals surface area contributed by atoms with Crippen LogP contribution in [0.2, 0.25) is 0 Å². The minimum Gasteiger partial charge on any atom is -0.359 e. The highest BCUT2D eigenvalue weighted by Gasteiger charge is 2.17. The molecule has 1 aliphatic heterocycles. The molecule has 0 amide bonds. The number of likely N-dealkylation sites (tertiary alicyclic amines) is 1. The number of nitrogens with one attached hydrogen (secondary N) is 1. The number of nitriles is 1. The molecule has 7 heteroatoms. The van der Waals surface area contributed by atoms with Gasteiger partial charge in [0.05, 0.1) is 16.6 Å². The van der Waals surface area contributed by atoms with Gasteiger partial charge in [-0.2, -0.15) is 5.26 Å². The largest absolute Gasteiger partial charge is 0.359 e. The third-order valence-electron chi connectivity index (χ3n) is 4.60. The first-order chi connectivity index (χ1) is 11.2. The first-order valence-corrected chi connectivity index (χ1v) is 8.00. The number of pyridine rings is 2. The third kappa shape index (κ3) is 3.44. The molecule has 6 nitrogen and oxygen atoms in total. The SMILES string of the molecule is BNC1CCN(CCn2c(=O)ccc3ncc(C#N)cc32)CC1. The maximum absolute atomic E-state index is 12.2. The lowest BCUT2D eigenvalue weighted by atomic mass is 10.0. The van der Waals surface area contributed by atoms with Crippen LogP contribution in [0.25, 0.3) is 11.0 Å². The smallest absolute Gasteiger partial charge is 0.251 e. The topological polar surface area (TPSA) is 73.9 Å². The van der Waals surface area contributed by atoms with Crippen molar-refractivity contribution < 1.29 is 0 Å². The Morgan fingerprint density at radius 1 is 1.35 bits per heavy atom. The number of hydrogen-bond donors (Lipinski definition) is 1. The van der Waals surface area contributed by atoms with Crippen LogP contribution in [0, 0.1) is 11.3 Å². The Hall–Kier alpha value is -2.17. The van der Waals surface area contributed by atoms with Crippen LogP contribution in [0.15, 0.2) is 29.2 Å². The molecular formula is C16H20BN5O. The zero-order valence-corrected chi connectivity index (χ0v) is 13.3. The van der Waals surface area contributed by atoms with E-state index in [9.17, 15) is 4.79 Å². The minimum absolute atomic E-state index is 0.0421. The summed E-state index contributed by atoms with van der Waals surface area (Å²) in [7, 11) is 2.01. The van der Waals surface area contributed by atoms with Gasteiger partial charge in [0.15, 0.2) is 7.98 Å². The molecule has 1 saturated heterocycles. The summed E-state index contributed by atoms with van der Waals surface area (Å²) in [5, 5.41) is 12.4. The molecule has 118 valence electrons. The van der Waals surface area contributed by atoms with Gasteiger partial charge in [-0.1, -0.05) is 0 Å². The summed E-state index contributed by atoms with van der Waals surface area (Å²) in [6.07, 6.45) is 3.82. The molecule has 1 aliphatic rings. The number of nitrogens with zero attached hydrogens (tertiary/aromatic N) is 4. The summed E-state index contributed by atoms with van der Waals surface area (Å²) in [5.41, 5.74) is 1.92. The second-order valence-electron chi connectivity index (χ2n) is 5.97. The van der Waals surface area contributed by atoms with Gasteiger partial charge in [0.25, 0.3) is 5.56 Å². The van der Waals surface area contributed by atoms with Gasteiger partial charge >= 0.3 is 0 Å². The fourth-order valence-corrected chi connectivity index (χ4v) is 3.15. The van der Waals surface area contributed by atoms with Crippen LogP contribution in [-0.2, 0) is 6.54 Å². The molecule has 0 aromatic carbocycles. The van der Waals surface area contributed by atoms with Gasteiger partial charge in [-0.3, -0.25) is 9.78 Å². The number of piperidine rings is 1. The van der Waals surface area contributed by atoms with Crippen molar-refractivity contribution >= 4 is 19.0 Å². The van der Waals surface area contributed by atoms with Crippen molar-refractivity contribution in [2.45, 2.75) is 25.4 Å². The summed E-state index contributed by atoms with van der Waals surface area (Å²) in [6.45, 7) is 3.56. The van der Waals surface area contributed by atoms with Gasteiger partial charge in [-0.05, 0) is 44.1 Å². The van der Waals surface area contributed by atoms with E-state index in [4.69, 9.17) is 5.26 Å². The first-order valence-electron chi connectivity index (χ1n) is 8.00. The van der Waals surface area contributed by atoms with Crippen LogP contribution in [0.4, 0.5) is 0 Å². The maximum atomic E-state index is 12.2. The number of rotatable bonds is 4. The number of fused-ring (bicyclic) bond motifs is 1. The minimum atomic E-state index is -0.0421. The van der Waals surface area contributed by atoms with Gasteiger partial charge in [-0.15, -0.1) is 0 Å². The zero-order chi connectivity index (χ0) is 16.2. The summed E-state index contributed by atoms with van der Waals surface area (Å²) in [4.78, 5) is 18.9. The molecule has 0 atom stereocenters. The average molecular weight is 309 g/mol. The molecule has 0 bridgehead atoms. The summed E-state index contributed by atoms with van der Waals surface area (Å²) < 4.78 is 1.73. The van der Waals surface area contributed by atoms with Crippen LogP contribution >= 0.6 is 0 Å². The molecule has 0 unspecified atom stereocenters. The van der Waals surface area contributed by atoms with E-state index in [1.165, 1.54) is 0 Å². The molecule has 0 spiro atoms. The molecular weight excluding hydrogens is 289 g/mol. The molecule has 0 radical (unpaired) electrons. The second kappa shape index (κ2) is 6.94. The van der Waals surface area contributed by atoms with E-state index >= 15 is 0 Å². The predicted octanol–water partition coefficient (Wildman–Crippen LogP) is -0.130. The van der Waals surface area contributed by atoms with Crippen molar-refractivity contribution in [3.63, 3.8) is 0 Å². The molecule has 1 N–H and O–H groups in total. The molecule has 3 rings (SSSR count). The Bertz CT molecular complexity index is 789. The summed E-state index contributed by atoms with van der Waals surface area (Å²) >= 11 is 0. The van der Waals surface area contributed by atoms with E-state index in [-0.39, 0.29) is 5.56 Å². The molecule has 0 aliphatic carbocycles. The Labute approximate surface area is 136 Å². The molecule has 2 aromatic heterocycles. The fourth-order valence-electron chi connectivity index (χ4n) is 3.15. The summed E-state index contributed by atoms with van der Waals surface area (Å²) in [5.74, 6) is 0. The predicted molar refractivity (Wildman–Crippen MR) is 91.9 cm³/mol. The van der Waals surface area contributed by atoms with Crippen molar-refractivity contribution in [3.8, 4) is 6.07 Å². The van der Waals surface area contributed by atoms with Gasteiger partial charge in [0, 0.05) is 25.4 Å². The van der Waals surface area contributed by atoms with Gasteiger partial charge in [0.2, 0.25) is 0 Å². The highest BCUT2D eigenvalue weighted by molar-refractivity contribution is 6.04. The van der Waals surface area contributed by atoms with Crippen molar-refractivity contribution in [2.24, 2.45) is 0 Å². The number of hydrogen-bond acceptors (Lipinski definition) is 5. The van der Waals surface area contributed by atoms with Gasteiger partial charge in [-0.25, -0.2) is 0 Å². The Morgan fingerprint density at radius 3 is 2.83 bits per heavy atom. The van der Waals surface area contributed by atoms with Crippen LogP contribution in [0.1, 0.15) is 18.4 Å². The normalized spacial score (nSPS) is 16.5. The quantitative estimate of drug-likeness (QED) is 0.797. The van der Waals surface area contributed by atoms with Crippen LogP contribution in [-0.4, -0.2) is 48.1 Å². The first kappa shape index (κ1) is 15.7. The standard InChI is InChI=1S/C16H20BN5O/c17-20-13-3-5-21(6-4-13)7-8-22-15-9-12(10-18)11-19-14(15)1-2-16(22)23/h1-2,9,11,13,20H,3-8,17H2. The molecule has 1 fully saturated rings. The molecule has 0 saturated carbocycles. The monoisotopic (exact) mass is 309 g/mol. The van der Waals surface area contributed by atoms with E-state index in [2.05, 4.69) is 21.2 Å². The Morgan fingerprint density at radius 2 is 2.13 bits per heavy atom. The molecule has 23 heavy (non-hydrogen) atoms. The van der Waals surface area contributed by atoms with Crippen molar-refractivity contribution in [1.82, 2.24) is 19.7 Å². The lowest BCUT2D eigenvalue weighted by molar-refractivity contribution is 0.201. The van der Waals surface area contributed by atoms with Crippen LogP contribution in [0.3, 0.4) is 0 Å². The lowest BCUT2D eigenvalue weighted by Crippen LogP contribution is -2.43. The third-order valence-corrected chi connectivity index (χ3v) is 4.60. The van der Waals surface area contributed by atoms with Crippen molar-refractivity contribution in [2.75, 3.05) is 19.6 Å². The Balaban J connectivity index is 1.78. The van der Waals surface area contributed by atoms with Gasteiger partial charge in [0.1, 0.15) is 6.07 Å². The van der Waals surface area contributed by atoms with E-state index in [0.29, 0.717) is 18.2 Å². The molecule has 2 aromatic rings. The van der Waals surface area contributed by atoms with E-state index in [0.717, 1.165) is 43.5 Å². The van der Waals surface area contributed by atoms with Crippen LogP contribution in [0.5, 0.6) is 0 Å². The van der Waals surface area contributed by atoms with E-state index in [1.807, 2.05) is 7.98 Å². The maximum Gasteiger partial charge on any atom is 0.251 e. The lowest BCUT2D eigenvalue weighted by Gasteiger charge is -2.32. The van der Waals surface area contributed by atoms with Crippen LogP contribution < -0.4 is 10.8 Å². The Kier molecular flexibility index (Phi) is 4.75. The van der Waals surface area contributed by atoms with E-state index in [1.54, 1.807) is 29.0 Å². The summed E-state index contributed by atoms with van der Waals surface area (Å²) in [6, 6.07) is 7.71. The van der Waals surface area contributed by atoms with Crippen molar-refractivity contribution in [1.29, 1.82) is 5.26 Å². The second-order valence-corrected chi connectivity index (χ2v) is 5.97. The van der Waals surface area contributed by atoms with E-state index < -0.39 is 0 Å². The average Bonchev–Trinajstić information content (AvgIpc) is 2.61. The fraction of sp³-hybridized carbons (Fsp3) is 0.438. The van der Waals surface area contributed by atoms with Gasteiger partial charge < -0.3 is 14.7 Å². The highest BCUT2D eigenvalue weighted by Crippen LogP contribution is 2.13.